The van der Waals surface area contributed by atoms with Crippen LogP contribution in [0.1, 0.15) is 32.7 Å². The number of nitrogens with zero attached hydrogens (tertiary/aromatic N) is 2. The molecule has 0 aliphatic carbocycles. The number of anilines is 2. The van der Waals surface area contributed by atoms with Crippen molar-refractivity contribution in [2.45, 2.75) is 13.3 Å². The van der Waals surface area contributed by atoms with Crippen LogP contribution in [0.4, 0.5) is 16.2 Å². The Balaban J connectivity index is 1.38. The Hall–Kier alpha value is -3.68. The predicted molar refractivity (Wildman–Crippen MR) is 107 cm³/mol. The van der Waals surface area contributed by atoms with E-state index in [2.05, 4.69) is 10.6 Å². The summed E-state index contributed by atoms with van der Waals surface area (Å²) in [4.78, 5) is 51.8. The van der Waals surface area contributed by atoms with E-state index in [1.807, 2.05) is 6.92 Å². The van der Waals surface area contributed by atoms with Crippen molar-refractivity contribution in [1.82, 2.24) is 10.2 Å². The van der Waals surface area contributed by atoms with Gasteiger partial charge in [-0.25, -0.2) is 4.79 Å². The minimum absolute atomic E-state index is 0.00541. The van der Waals surface area contributed by atoms with Crippen molar-refractivity contribution in [3.05, 3.63) is 59.2 Å². The summed E-state index contributed by atoms with van der Waals surface area (Å²) in [6, 6.07) is 11.9. The number of hydrogen-bond donors (Lipinski definition) is 2. The second kappa shape index (κ2) is 7.38. The Labute approximate surface area is 167 Å². The number of hydrogen-bond acceptors (Lipinski definition) is 4. The fraction of sp³-hybridized carbons (Fsp3) is 0.238. The molecule has 0 bridgehead atoms. The zero-order valence-corrected chi connectivity index (χ0v) is 15.9. The highest BCUT2D eigenvalue weighted by molar-refractivity contribution is 6.21. The van der Waals surface area contributed by atoms with Gasteiger partial charge < -0.3 is 10.6 Å². The van der Waals surface area contributed by atoms with Crippen LogP contribution in [-0.2, 0) is 4.79 Å². The zero-order valence-electron chi connectivity index (χ0n) is 15.9. The number of urea groups is 1. The standard InChI is InChI=1S/C21H20N4O4/c1-13-5-6-16-17(11-13)20(28)25(19(16)27)9-7-18(26)23-14-3-2-4-15(12-14)24-10-8-22-21(24)29/h2-6,11-12H,7-10H2,1H3,(H,22,29)(H,23,26). The molecule has 0 aromatic heterocycles. The molecule has 2 aromatic rings. The van der Waals surface area contributed by atoms with Crippen molar-refractivity contribution >= 4 is 35.1 Å². The first kappa shape index (κ1) is 18.7. The van der Waals surface area contributed by atoms with Gasteiger partial charge in [-0.2, -0.15) is 0 Å². The summed E-state index contributed by atoms with van der Waals surface area (Å²) >= 11 is 0. The van der Waals surface area contributed by atoms with Gasteiger partial charge in [-0.1, -0.05) is 17.7 Å². The van der Waals surface area contributed by atoms with E-state index >= 15 is 0 Å². The average Bonchev–Trinajstić information content (AvgIpc) is 3.22. The highest BCUT2D eigenvalue weighted by Crippen LogP contribution is 2.24. The van der Waals surface area contributed by atoms with E-state index in [4.69, 9.17) is 0 Å². The summed E-state index contributed by atoms with van der Waals surface area (Å²) < 4.78 is 0. The monoisotopic (exact) mass is 392 g/mol. The van der Waals surface area contributed by atoms with E-state index in [9.17, 15) is 19.2 Å². The number of imide groups is 1. The van der Waals surface area contributed by atoms with Crippen molar-refractivity contribution < 1.29 is 19.2 Å². The summed E-state index contributed by atoms with van der Waals surface area (Å²) in [7, 11) is 0. The van der Waals surface area contributed by atoms with Crippen LogP contribution in [0.3, 0.4) is 0 Å². The first-order valence-corrected chi connectivity index (χ1v) is 9.36. The van der Waals surface area contributed by atoms with Crippen molar-refractivity contribution in [3.63, 3.8) is 0 Å². The van der Waals surface area contributed by atoms with Crippen LogP contribution in [0.15, 0.2) is 42.5 Å². The summed E-state index contributed by atoms with van der Waals surface area (Å²) in [5.74, 6) is -1.07. The van der Waals surface area contributed by atoms with Crippen LogP contribution >= 0.6 is 0 Å². The van der Waals surface area contributed by atoms with Gasteiger partial charge in [0.1, 0.15) is 0 Å². The molecule has 2 N–H and O–H groups in total. The van der Waals surface area contributed by atoms with Crippen LogP contribution in [0.25, 0.3) is 0 Å². The molecule has 1 saturated heterocycles. The molecule has 0 radical (unpaired) electrons. The first-order chi connectivity index (χ1) is 13.9. The minimum atomic E-state index is -0.375. The molecule has 148 valence electrons. The van der Waals surface area contributed by atoms with Crippen LogP contribution < -0.4 is 15.5 Å². The molecule has 1 fully saturated rings. The van der Waals surface area contributed by atoms with Crippen molar-refractivity contribution in [3.8, 4) is 0 Å². The fourth-order valence-electron chi connectivity index (χ4n) is 3.51. The average molecular weight is 392 g/mol. The van der Waals surface area contributed by atoms with Crippen LogP contribution in [-0.4, -0.2) is 48.3 Å². The summed E-state index contributed by atoms with van der Waals surface area (Å²) in [6.45, 7) is 3.00. The van der Waals surface area contributed by atoms with Crippen molar-refractivity contribution in [1.29, 1.82) is 0 Å². The normalized spacial score (nSPS) is 15.6. The molecule has 2 heterocycles. The summed E-state index contributed by atoms with van der Waals surface area (Å²) in [5.41, 5.74) is 2.89. The van der Waals surface area contributed by atoms with Crippen LogP contribution in [0, 0.1) is 6.92 Å². The molecule has 0 atom stereocenters. The molecule has 2 aliphatic rings. The number of rotatable bonds is 5. The Morgan fingerprint density at radius 3 is 2.62 bits per heavy atom. The number of fused-ring (bicyclic) bond motifs is 1. The molecular formula is C21H20N4O4. The van der Waals surface area contributed by atoms with E-state index in [-0.39, 0.29) is 36.7 Å². The van der Waals surface area contributed by atoms with Gasteiger partial charge in [0.05, 0.1) is 11.1 Å². The topological polar surface area (TPSA) is 98.8 Å². The maximum absolute atomic E-state index is 12.5. The maximum atomic E-state index is 12.5. The summed E-state index contributed by atoms with van der Waals surface area (Å²) in [6.07, 6.45) is -0.0150. The van der Waals surface area contributed by atoms with E-state index in [1.165, 1.54) is 0 Å². The van der Waals surface area contributed by atoms with Gasteiger partial charge in [-0.05, 0) is 37.3 Å². The molecule has 2 aliphatic heterocycles. The van der Waals surface area contributed by atoms with Crippen molar-refractivity contribution in [2.75, 3.05) is 29.9 Å². The van der Waals surface area contributed by atoms with Gasteiger partial charge in [-0.15, -0.1) is 0 Å². The van der Waals surface area contributed by atoms with E-state index < -0.39 is 0 Å². The lowest BCUT2D eigenvalue weighted by molar-refractivity contribution is -0.116. The van der Waals surface area contributed by atoms with Gasteiger partial charge >= 0.3 is 6.03 Å². The lowest BCUT2D eigenvalue weighted by Gasteiger charge is -2.16. The third kappa shape index (κ3) is 3.56. The Morgan fingerprint density at radius 1 is 1.07 bits per heavy atom. The second-order valence-corrected chi connectivity index (χ2v) is 7.04. The number of nitrogens with one attached hydrogen (secondary N) is 2. The molecular weight excluding hydrogens is 372 g/mol. The van der Waals surface area contributed by atoms with E-state index in [0.29, 0.717) is 35.6 Å². The lowest BCUT2D eigenvalue weighted by atomic mass is 10.1. The SMILES string of the molecule is Cc1ccc2c(c1)C(=O)N(CCC(=O)Nc1cccc(N3CCNC3=O)c1)C2=O. The number of amides is 5. The first-order valence-electron chi connectivity index (χ1n) is 9.36. The number of aryl methyl sites for hydroxylation is 1. The van der Waals surface area contributed by atoms with E-state index in [0.717, 1.165) is 10.5 Å². The maximum Gasteiger partial charge on any atom is 0.321 e. The van der Waals surface area contributed by atoms with Gasteiger partial charge in [0.25, 0.3) is 11.8 Å². The van der Waals surface area contributed by atoms with Crippen molar-refractivity contribution in [2.24, 2.45) is 0 Å². The van der Waals surface area contributed by atoms with Gasteiger partial charge in [0, 0.05) is 37.4 Å². The van der Waals surface area contributed by atoms with Crippen LogP contribution in [0.2, 0.25) is 0 Å². The number of carbonyl (C=O) groups is 4. The number of benzene rings is 2. The largest absolute Gasteiger partial charge is 0.336 e. The molecule has 8 nitrogen and oxygen atoms in total. The highest BCUT2D eigenvalue weighted by atomic mass is 16.2. The molecule has 0 unspecified atom stereocenters. The fourth-order valence-corrected chi connectivity index (χ4v) is 3.51. The predicted octanol–water partition coefficient (Wildman–Crippen LogP) is 2.15. The third-order valence-electron chi connectivity index (χ3n) is 4.99. The highest BCUT2D eigenvalue weighted by Gasteiger charge is 2.35. The third-order valence-corrected chi connectivity index (χ3v) is 4.99. The molecule has 29 heavy (non-hydrogen) atoms. The molecule has 0 saturated carbocycles. The molecule has 5 amide bonds. The van der Waals surface area contributed by atoms with Gasteiger partial charge in [0.2, 0.25) is 5.91 Å². The Morgan fingerprint density at radius 2 is 1.86 bits per heavy atom. The molecule has 0 spiro atoms. The minimum Gasteiger partial charge on any atom is -0.336 e. The zero-order chi connectivity index (χ0) is 20.5. The smallest absolute Gasteiger partial charge is 0.321 e. The lowest BCUT2D eigenvalue weighted by Crippen LogP contribution is -2.33. The second-order valence-electron chi connectivity index (χ2n) is 7.04. The summed E-state index contributed by atoms with van der Waals surface area (Å²) in [5, 5.41) is 5.49. The molecule has 4 rings (SSSR count). The quantitative estimate of drug-likeness (QED) is 0.762. The van der Waals surface area contributed by atoms with Gasteiger partial charge in [0.15, 0.2) is 0 Å². The van der Waals surface area contributed by atoms with Gasteiger partial charge in [-0.3, -0.25) is 24.2 Å². The van der Waals surface area contributed by atoms with Crippen LogP contribution in [0.5, 0.6) is 0 Å². The molecule has 2 aromatic carbocycles. The number of carbonyl (C=O) groups excluding carboxylic acids is 4. The molecule has 8 heteroatoms. The van der Waals surface area contributed by atoms with E-state index in [1.54, 1.807) is 47.4 Å². The Bertz CT molecular complexity index is 1030. The Kier molecular flexibility index (Phi) is 4.75.